The van der Waals surface area contributed by atoms with Crippen molar-refractivity contribution in [3.8, 4) is 11.6 Å². The van der Waals surface area contributed by atoms with E-state index in [9.17, 15) is 31.1 Å². The van der Waals surface area contributed by atoms with Gasteiger partial charge in [0.25, 0.3) is 5.22 Å². The molecule has 0 bridgehead atoms. The van der Waals surface area contributed by atoms with Crippen LogP contribution < -0.4 is 14.8 Å². The lowest BCUT2D eigenvalue weighted by atomic mass is 10.3. The third kappa shape index (κ3) is 9.67. The summed E-state index contributed by atoms with van der Waals surface area (Å²) in [6.45, 7) is 0.875. The molecule has 2 aromatic heterocycles. The summed E-state index contributed by atoms with van der Waals surface area (Å²) >= 11 is 1.50. The van der Waals surface area contributed by atoms with Crippen LogP contribution in [0.5, 0.6) is 11.6 Å². The molecule has 0 aliphatic carbocycles. The van der Waals surface area contributed by atoms with Crippen LogP contribution in [0.4, 0.5) is 32.0 Å². The zero-order chi connectivity index (χ0) is 29.6. The normalized spacial score (nSPS) is 15.3. The largest absolute Gasteiger partial charge is 0.482 e. The summed E-state index contributed by atoms with van der Waals surface area (Å²) in [7, 11) is 0. The number of para-hydroxylation sites is 2. The molecule has 9 nitrogen and oxygen atoms in total. The molecule has 0 saturated carbocycles. The second-order valence-electron chi connectivity index (χ2n) is 9.21. The van der Waals surface area contributed by atoms with E-state index in [4.69, 9.17) is 13.9 Å². The standard InChI is InChI=1S/C25H27F6N5O4S/c1-16-12-19(38-14-24(26,27)28)21(22(32-16)39-15-25(29,30)31)34-20(37)13-36-8-6-35(7-9-36)10-11-41-23-33-17-4-2-3-5-18(17)40-23/h2-5,12H,6-11,13-15H2,1H3,(H,34,37). The molecule has 224 valence electrons. The third-order valence-corrected chi connectivity index (χ3v) is 6.65. The van der Waals surface area contributed by atoms with Crippen molar-refractivity contribution in [2.24, 2.45) is 0 Å². The number of benzene rings is 1. The molecular formula is C25H27F6N5O4S. The summed E-state index contributed by atoms with van der Waals surface area (Å²) < 4.78 is 91.7. The van der Waals surface area contributed by atoms with Crippen molar-refractivity contribution in [1.29, 1.82) is 0 Å². The number of ether oxygens (including phenoxy) is 2. The van der Waals surface area contributed by atoms with E-state index in [0.717, 1.165) is 29.5 Å². The zero-order valence-electron chi connectivity index (χ0n) is 21.8. The highest BCUT2D eigenvalue weighted by Gasteiger charge is 2.32. The summed E-state index contributed by atoms with van der Waals surface area (Å²) in [4.78, 5) is 25.1. The van der Waals surface area contributed by atoms with E-state index < -0.39 is 48.8 Å². The Hall–Kier alpha value is -3.24. The Morgan fingerprint density at radius 2 is 1.66 bits per heavy atom. The molecule has 1 N–H and O–H groups in total. The number of anilines is 1. The van der Waals surface area contributed by atoms with Crippen LogP contribution >= 0.6 is 11.8 Å². The highest BCUT2D eigenvalue weighted by Crippen LogP contribution is 2.36. The lowest BCUT2D eigenvalue weighted by molar-refractivity contribution is -0.154. The Kier molecular flexibility index (Phi) is 9.86. The topological polar surface area (TPSA) is 93.0 Å². The maximum absolute atomic E-state index is 12.8. The van der Waals surface area contributed by atoms with E-state index in [1.165, 1.54) is 18.7 Å². The molecule has 1 aliphatic heterocycles. The SMILES string of the molecule is Cc1cc(OCC(F)(F)F)c(NC(=O)CN2CCN(CCSc3nc4ccccc4o3)CC2)c(OCC(F)(F)F)n1. The van der Waals surface area contributed by atoms with Crippen LogP contribution in [0.15, 0.2) is 40.0 Å². The van der Waals surface area contributed by atoms with Crippen LogP contribution in [0.25, 0.3) is 11.1 Å². The van der Waals surface area contributed by atoms with E-state index >= 15 is 0 Å². The summed E-state index contributed by atoms with van der Waals surface area (Å²) in [5.74, 6) is -1.10. The first-order chi connectivity index (χ1) is 19.3. The smallest absolute Gasteiger partial charge is 0.422 e. The van der Waals surface area contributed by atoms with Gasteiger partial charge in [0.15, 0.2) is 24.5 Å². The number of pyridine rings is 1. The van der Waals surface area contributed by atoms with Gasteiger partial charge < -0.3 is 19.2 Å². The van der Waals surface area contributed by atoms with Crippen LogP contribution in [0.2, 0.25) is 0 Å². The molecular weight excluding hydrogens is 580 g/mol. The number of nitrogens with zero attached hydrogens (tertiary/aromatic N) is 4. The van der Waals surface area contributed by atoms with Gasteiger partial charge in [-0.05, 0) is 19.1 Å². The number of aryl methyl sites for hydroxylation is 1. The summed E-state index contributed by atoms with van der Waals surface area (Å²) in [5.41, 5.74) is 1.06. The average molecular weight is 608 g/mol. The van der Waals surface area contributed by atoms with Gasteiger partial charge in [-0.15, -0.1) is 0 Å². The van der Waals surface area contributed by atoms with Gasteiger partial charge in [-0.3, -0.25) is 14.6 Å². The first kappa shape index (κ1) is 30.7. The van der Waals surface area contributed by atoms with Gasteiger partial charge in [0, 0.05) is 50.2 Å². The number of rotatable bonds is 11. The number of carbonyl (C=O) groups excluding carboxylic acids is 1. The van der Waals surface area contributed by atoms with Crippen LogP contribution in [-0.2, 0) is 4.79 Å². The van der Waals surface area contributed by atoms with Crippen LogP contribution in [-0.4, -0.2) is 96.3 Å². The lowest BCUT2D eigenvalue weighted by Crippen LogP contribution is -2.49. The van der Waals surface area contributed by atoms with Crippen molar-refractivity contribution in [3.05, 3.63) is 36.0 Å². The van der Waals surface area contributed by atoms with Gasteiger partial charge in [-0.1, -0.05) is 23.9 Å². The van der Waals surface area contributed by atoms with Gasteiger partial charge in [-0.25, -0.2) is 9.97 Å². The molecule has 16 heteroatoms. The minimum absolute atomic E-state index is 0.0442. The van der Waals surface area contributed by atoms with Crippen LogP contribution in [0.1, 0.15) is 5.69 Å². The first-order valence-electron chi connectivity index (χ1n) is 12.5. The Labute approximate surface area is 235 Å². The summed E-state index contributed by atoms with van der Waals surface area (Å²) in [5, 5.41) is 2.93. The first-order valence-corrected chi connectivity index (χ1v) is 13.5. The number of halogens is 6. The number of oxazole rings is 1. The van der Waals surface area contributed by atoms with E-state index in [1.54, 1.807) is 0 Å². The molecule has 1 aliphatic rings. The number of fused-ring (bicyclic) bond motifs is 1. The number of nitrogens with one attached hydrogen (secondary N) is 1. The molecule has 1 saturated heterocycles. The van der Waals surface area contributed by atoms with Gasteiger partial charge in [0.05, 0.1) is 6.54 Å². The molecule has 1 fully saturated rings. The number of aromatic nitrogens is 2. The van der Waals surface area contributed by atoms with Gasteiger partial charge in [0.1, 0.15) is 11.2 Å². The van der Waals surface area contributed by atoms with Crippen LogP contribution in [0.3, 0.4) is 0 Å². The molecule has 0 radical (unpaired) electrons. The van der Waals surface area contributed by atoms with Gasteiger partial charge in [0.2, 0.25) is 11.8 Å². The minimum atomic E-state index is -4.74. The number of piperazine rings is 1. The predicted molar refractivity (Wildman–Crippen MR) is 138 cm³/mol. The Balaban J connectivity index is 1.30. The van der Waals surface area contributed by atoms with Crippen molar-refractivity contribution in [2.75, 3.05) is 63.6 Å². The Bertz CT molecular complexity index is 1260. The minimum Gasteiger partial charge on any atom is -0.482 e. The quantitative estimate of drug-likeness (QED) is 0.245. The van der Waals surface area contributed by atoms with E-state index in [1.807, 2.05) is 29.2 Å². The Morgan fingerprint density at radius 1 is 1.00 bits per heavy atom. The lowest BCUT2D eigenvalue weighted by Gasteiger charge is -2.34. The fraction of sp³-hybridized carbons (Fsp3) is 0.480. The number of hydrogen-bond acceptors (Lipinski definition) is 9. The van der Waals surface area contributed by atoms with Crippen molar-refractivity contribution in [3.63, 3.8) is 0 Å². The van der Waals surface area contributed by atoms with Gasteiger partial charge >= 0.3 is 12.4 Å². The summed E-state index contributed by atoms with van der Waals surface area (Å²) in [6, 6.07) is 8.57. The molecule has 0 unspecified atom stereocenters. The summed E-state index contributed by atoms with van der Waals surface area (Å²) in [6.07, 6.45) is -9.45. The van der Waals surface area contributed by atoms with Crippen molar-refractivity contribution in [2.45, 2.75) is 24.5 Å². The second kappa shape index (κ2) is 13.2. The number of carbonyl (C=O) groups is 1. The Morgan fingerprint density at radius 3 is 2.34 bits per heavy atom. The van der Waals surface area contributed by atoms with Crippen molar-refractivity contribution >= 4 is 34.5 Å². The highest BCUT2D eigenvalue weighted by molar-refractivity contribution is 7.99. The number of alkyl halides is 6. The number of amides is 1. The fourth-order valence-corrected chi connectivity index (χ4v) is 4.82. The molecule has 41 heavy (non-hydrogen) atoms. The molecule has 4 rings (SSSR count). The average Bonchev–Trinajstić information content (AvgIpc) is 3.30. The zero-order valence-corrected chi connectivity index (χ0v) is 22.7. The number of thioether (sulfide) groups is 1. The molecule has 0 spiro atoms. The molecule has 1 aromatic carbocycles. The maximum atomic E-state index is 12.8. The molecule has 1 amide bonds. The van der Waals surface area contributed by atoms with Crippen LogP contribution in [0, 0.1) is 6.92 Å². The predicted octanol–water partition coefficient (Wildman–Crippen LogP) is 4.76. The van der Waals surface area contributed by atoms with E-state index in [-0.39, 0.29) is 12.2 Å². The fourth-order valence-electron chi connectivity index (χ4n) is 3.99. The maximum Gasteiger partial charge on any atom is 0.422 e. The molecule has 0 atom stereocenters. The second-order valence-corrected chi connectivity index (χ2v) is 10.3. The number of hydrogen-bond donors (Lipinski definition) is 1. The van der Waals surface area contributed by atoms with Crippen molar-refractivity contribution < 1.29 is 45.0 Å². The highest BCUT2D eigenvalue weighted by atomic mass is 32.2. The monoisotopic (exact) mass is 607 g/mol. The van der Waals surface area contributed by atoms with E-state index in [0.29, 0.717) is 31.4 Å². The molecule has 3 aromatic rings. The van der Waals surface area contributed by atoms with Gasteiger partial charge in [-0.2, -0.15) is 26.3 Å². The van der Waals surface area contributed by atoms with E-state index in [2.05, 4.69) is 20.2 Å². The van der Waals surface area contributed by atoms with Crippen molar-refractivity contribution in [1.82, 2.24) is 19.8 Å². The molecule has 3 heterocycles. The third-order valence-electron chi connectivity index (χ3n) is 5.85.